The van der Waals surface area contributed by atoms with Gasteiger partial charge in [0.05, 0.1) is 0 Å². The molecule has 0 N–H and O–H groups in total. The molecule has 128 valence electrons. The van der Waals surface area contributed by atoms with Gasteiger partial charge in [0.15, 0.2) is 0 Å². The molecule has 0 aromatic carbocycles. The summed E-state index contributed by atoms with van der Waals surface area (Å²) in [5.41, 5.74) is 1.15. The van der Waals surface area contributed by atoms with Crippen molar-refractivity contribution in [3.8, 4) is 0 Å². The van der Waals surface area contributed by atoms with E-state index in [2.05, 4.69) is 24.3 Å². The standard InChI is InChI=1S/C23H36/c1-4-10-20(11-5-1)18-22(14-6-2-7-15-22)23(19-21-12-13-21)16-8-3-9-17-23/h3,6,8,14,20-21H,1-2,4-5,7,9-13,15-19H2. The largest absolute Gasteiger partial charge is 0.0885 e. The molecule has 4 rings (SSSR count). The van der Waals surface area contributed by atoms with Crippen molar-refractivity contribution in [2.45, 2.75) is 96.3 Å². The summed E-state index contributed by atoms with van der Waals surface area (Å²) in [6, 6.07) is 0. The minimum atomic E-state index is 0.542. The molecule has 23 heavy (non-hydrogen) atoms. The lowest BCUT2D eigenvalue weighted by Crippen LogP contribution is -2.44. The zero-order valence-electron chi connectivity index (χ0n) is 15.1. The molecular weight excluding hydrogens is 276 g/mol. The summed E-state index contributed by atoms with van der Waals surface area (Å²) in [7, 11) is 0. The lowest BCUT2D eigenvalue weighted by molar-refractivity contribution is 0.00978. The first kappa shape index (κ1) is 16.0. The maximum absolute atomic E-state index is 2.76. The summed E-state index contributed by atoms with van der Waals surface area (Å²) in [4.78, 5) is 0. The predicted molar refractivity (Wildman–Crippen MR) is 99.4 cm³/mol. The van der Waals surface area contributed by atoms with Crippen LogP contribution in [0.15, 0.2) is 24.3 Å². The van der Waals surface area contributed by atoms with Crippen LogP contribution < -0.4 is 0 Å². The fourth-order valence-corrected chi connectivity index (χ4v) is 6.27. The Labute approximate surface area is 143 Å². The fourth-order valence-electron chi connectivity index (χ4n) is 6.27. The third-order valence-electron chi connectivity index (χ3n) is 7.71. The van der Waals surface area contributed by atoms with E-state index in [1.165, 1.54) is 96.3 Å². The van der Waals surface area contributed by atoms with Crippen LogP contribution >= 0.6 is 0 Å². The zero-order chi connectivity index (χ0) is 15.6. The van der Waals surface area contributed by atoms with Crippen LogP contribution in [-0.4, -0.2) is 0 Å². The van der Waals surface area contributed by atoms with Crippen molar-refractivity contribution in [3.63, 3.8) is 0 Å². The summed E-state index contributed by atoms with van der Waals surface area (Å²) in [6.45, 7) is 0. The van der Waals surface area contributed by atoms with Crippen molar-refractivity contribution < 1.29 is 0 Å². The first-order valence-corrected chi connectivity index (χ1v) is 10.6. The summed E-state index contributed by atoms with van der Waals surface area (Å²) in [5.74, 6) is 2.09. The molecule has 0 bridgehead atoms. The van der Waals surface area contributed by atoms with E-state index in [4.69, 9.17) is 0 Å². The number of rotatable bonds is 5. The van der Waals surface area contributed by atoms with E-state index in [1.54, 1.807) is 0 Å². The Bertz CT molecular complexity index is 449. The van der Waals surface area contributed by atoms with Gasteiger partial charge in [-0.05, 0) is 74.0 Å². The van der Waals surface area contributed by atoms with E-state index in [-0.39, 0.29) is 0 Å². The molecule has 0 aliphatic heterocycles. The Balaban J connectivity index is 1.62. The van der Waals surface area contributed by atoms with Crippen molar-refractivity contribution in [3.05, 3.63) is 24.3 Å². The van der Waals surface area contributed by atoms with E-state index in [0.29, 0.717) is 10.8 Å². The van der Waals surface area contributed by atoms with Gasteiger partial charge >= 0.3 is 0 Å². The molecule has 2 fully saturated rings. The lowest BCUT2D eigenvalue weighted by atomic mass is 9.50. The number of hydrogen-bond acceptors (Lipinski definition) is 0. The van der Waals surface area contributed by atoms with E-state index in [1.807, 2.05) is 0 Å². The molecule has 0 nitrogen and oxygen atoms in total. The summed E-state index contributed by atoms with van der Waals surface area (Å²) in [5, 5.41) is 0. The predicted octanol–water partition coefficient (Wildman–Crippen LogP) is 7.21. The van der Waals surface area contributed by atoms with Gasteiger partial charge < -0.3 is 0 Å². The monoisotopic (exact) mass is 312 g/mol. The van der Waals surface area contributed by atoms with Crippen molar-refractivity contribution in [1.82, 2.24) is 0 Å². The van der Waals surface area contributed by atoms with Gasteiger partial charge in [-0.1, -0.05) is 69.2 Å². The maximum atomic E-state index is 2.76. The highest BCUT2D eigenvalue weighted by Crippen LogP contribution is 2.62. The molecule has 4 aliphatic carbocycles. The van der Waals surface area contributed by atoms with Gasteiger partial charge in [-0.3, -0.25) is 0 Å². The molecule has 0 heterocycles. The lowest BCUT2D eigenvalue weighted by Gasteiger charge is -2.54. The second-order valence-electron chi connectivity index (χ2n) is 9.30. The Morgan fingerprint density at radius 1 is 0.696 bits per heavy atom. The molecule has 0 heteroatoms. The zero-order valence-corrected chi connectivity index (χ0v) is 15.1. The first-order valence-electron chi connectivity index (χ1n) is 10.6. The highest BCUT2D eigenvalue weighted by molar-refractivity contribution is 5.17. The molecule has 0 amide bonds. The van der Waals surface area contributed by atoms with Crippen LogP contribution in [0.2, 0.25) is 0 Å². The maximum Gasteiger partial charge on any atom is -0.00559 e. The summed E-state index contributed by atoms with van der Waals surface area (Å²) < 4.78 is 0. The van der Waals surface area contributed by atoms with Crippen LogP contribution in [0.1, 0.15) is 96.3 Å². The van der Waals surface area contributed by atoms with Gasteiger partial charge in [-0.2, -0.15) is 0 Å². The third-order valence-corrected chi connectivity index (χ3v) is 7.71. The SMILES string of the molecule is C1=CC(CC2CCCCC2)(C2(CC3CC3)CC=CCC2)CCC1. The molecule has 0 aromatic rings. The summed E-state index contributed by atoms with van der Waals surface area (Å²) >= 11 is 0. The highest BCUT2D eigenvalue weighted by atomic mass is 14.6. The smallest absolute Gasteiger partial charge is 0.00559 e. The Hall–Kier alpha value is -0.520. The number of hydrogen-bond donors (Lipinski definition) is 0. The molecule has 0 aromatic heterocycles. The van der Waals surface area contributed by atoms with Crippen LogP contribution in [-0.2, 0) is 0 Å². The quantitative estimate of drug-likeness (QED) is 0.470. The second-order valence-corrected chi connectivity index (χ2v) is 9.30. The van der Waals surface area contributed by atoms with Crippen molar-refractivity contribution in [1.29, 1.82) is 0 Å². The Morgan fingerprint density at radius 2 is 1.52 bits per heavy atom. The van der Waals surface area contributed by atoms with Gasteiger partial charge in [-0.25, -0.2) is 0 Å². The van der Waals surface area contributed by atoms with E-state index >= 15 is 0 Å². The van der Waals surface area contributed by atoms with E-state index in [0.717, 1.165) is 11.8 Å². The van der Waals surface area contributed by atoms with Gasteiger partial charge in [0, 0.05) is 0 Å². The fraction of sp³-hybridized carbons (Fsp3) is 0.826. The third kappa shape index (κ3) is 3.33. The molecular formula is C23H36. The minimum absolute atomic E-state index is 0.542. The molecule has 0 radical (unpaired) electrons. The van der Waals surface area contributed by atoms with Crippen LogP contribution in [0, 0.1) is 22.7 Å². The molecule has 2 saturated carbocycles. The van der Waals surface area contributed by atoms with Gasteiger partial charge in [0.2, 0.25) is 0 Å². The van der Waals surface area contributed by atoms with Crippen molar-refractivity contribution in [2.75, 3.05) is 0 Å². The van der Waals surface area contributed by atoms with Crippen LogP contribution in [0.3, 0.4) is 0 Å². The number of allylic oxidation sites excluding steroid dienone is 4. The molecule has 0 saturated heterocycles. The molecule has 2 unspecified atom stereocenters. The summed E-state index contributed by atoms with van der Waals surface area (Å²) in [6.07, 6.45) is 32.4. The van der Waals surface area contributed by atoms with Crippen LogP contribution in [0.25, 0.3) is 0 Å². The van der Waals surface area contributed by atoms with Gasteiger partial charge in [0.1, 0.15) is 0 Å². The van der Waals surface area contributed by atoms with Gasteiger partial charge in [-0.15, -0.1) is 0 Å². The first-order chi connectivity index (χ1) is 11.3. The Morgan fingerprint density at radius 3 is 2.17 bits per heavy atom. The Kier molecular flexibility index (Phi) is 4.70. The van der Waals surface area contributed by atoms with Crippen LogP contribution in [0.4, 0.5) is 0 Å². The molecule has 4 aliphatic rings. The van der Waals surface area contributed by atoms with E-state index < -0.39 is 0 Å². The average Bonchev–Trinajstić information content (AvgIpc) is 3.41. The van der Waals surface area contributed by atoms with Crippen molar-refractivity contribution >= 4 is 0 Å². The van der Waals surface area contributed by atoms with Crippen molar-refractivity contribution in [2.24, 2.45) is 22.7 Å². The van der Waals surface area contributed by atoms with Gasteiger partial charge in [0.25, 0.3) is 0 Å². The second kappa shape index (κ2) is 6.77. The molecule has 0 spiro atoms. The molecule has 2 atom stereocenters. The van der Waals surface area contributed by atoms with E-state index in [9.17, 15) is 0 Å². The highest BCUT2D eigenvalue weighted by Gasteiger charge is 2.51. The van der Waals surface area contributed by atoms with Crippen LogP contribution in [0.5, 0.6) is 0 Å². The normalized spacial score (nSPS) is 38.8. The average molecular weight is 313 g/mol. The minimum Gasteiger partial charge on any atom is -0.0885 e. The topological polar surface area (TPSA) is 0 Å².